The molecule has 1 N–H and O–H groups in total. The van der Waals surface area contributed by atoms with Gasteiger partial charge in [-0.2, -0.15) is 0 Å². The van der Waals surface area contributed by atoms with Gasteiger partial charge < -0.3 is 10.0 Å². The van der Waals surface area contributed by atoms with Gasteiger partial charge in [-0.25, -0.2) is 0 Å². The first-order chi connectivity index (χ1) is 12.0. The summed E-state index contributed by atoms with van der Waals surface area (Å²) in [5.74, 6) is -0.964. The third-order valence-corrected chi connectivity index (χ3v) is 5.09. The van der Waals surface area contributed by atoms with E-state index in [9.17, 15) is 4.79 Å². The Morgan fingerprint density at radius 1 is 1.27 bits per heavy atom. The Labute approximate surface area is 167 Å². The number of azo groups is 1. The summed E-state index contributed by atoms with van der Waals surface area (Å²) in [4.78, 5) is 17.0. The van der Waals surface area contributed by atoms with Gasteiger partial charge in [-0.15, -0.1) is 20.4 Å². The molecule has 11 heteroatoms. The minimum atomic E-state index is -0.901. The van der Waals surface area contributed by atoms with Gasteiger partial charge in [0, 0.05) is 47.9 Å². The minimum absolute atomic E-state index is 0. The fourth-order valence-corrected chi connectivity index (χ4v) is 3.52. The van der Waals surface area contributed by atoms with Crippen LogP contribution in [-0.2, 0) is 21.3 Å². The quantitative estimate of drug-likeness (QED) is 0.359. The second kappa shape index (κ2) is 9.02. The standard InChI is InChI=1S/C15H14N6O2S2.Ni/c1-21(2)11-6-5-10(13-9(11)4-3-7-16-13)17-18-14-19-20-15(25-14)24-8-12(22)23;/h3-7H,8H2,1-2H3,(H,22,23);. The Morgan fingerprint density at radius 2 is 2.08 bits per heavy atom. The Balaban J connectivity index is 0.00000243. The number of rotatable bonds is 6. The molecule has 0 aliphatic heterocycles. The van der Waals surface area contributed by atoms with E-state index in [-0.39, 0.29) is 22.2 Å². The van der Waals surface area contributed by atoms with Crippen molar-refractivity contribution in [3.63, 3.8) is 0 Å². The number of nitrogens with zero attached hydrogens (tertiary/aromatic N) is 6. The van der Waals surface area contributed by atoms with Crippen LogP contribution in [0.1, 0.15) is 0 Å². The number of pyridine rings is 1. The van der Waals surface area contributed by atoms with Crippen molar-refractivity contribution < 1.29 is 26.4 Å². The number of anilines is 1. The van der Waals surface area contributed by atoms with Gasteiger partial charge in [-0.1, -0.05) is 23.1 Å². The molecule has 0 unspecified atom stereocenters. The van der Waals surface area contributed by atoms with Crippen molar-refractivity contribution >= 4 is 56.5 Å². The summed E-state index contributed by atoms with van der Waals surface area (Å²) in [5, 5.41) is 26.2. The SMILES string of the molecule is CN(C)c1ccc(N=Nc2nnc(SCC(=O)O)s2)c2ncccc12.[Ni]. The van der Waals surface area contributed by atoms with Crippen LogP contribution in [0, 0.1) is 0 Å². The summed E-state index contributed by atoms with van der Waals surface area (Å²) in [6.45, 7) is 0. The normalized spacial score (nSPS) is 10.8. The fourth-order valence-electron chi connectivity index (χ4n) is 2.13. The van der Waals surface area contributed by atoms with Gasteiger partial charge in [-0.05, 0) is 24.3 Å². The zero-order valence-electron chi connectivity index (χ0n) is 13.8. The van der Waals surface area contributed by atoms with Gasteiger partial charge in [0.1, 0.15) is 5.69 Å². The molecule has 0 aliphatic carbocycles. The maximum Gasteiger partial charge on any atom is 0.313 e. The zero-order valence-corrected chi connectivity index (χ0v) is 16.4. The maximum absolute atomic E-state index is 10.6. The van der Waals surface area contributed by atoms with Gasteiger partial charge in [-0.3, -0.25) is 9.78 Å². The fraction of sp³-hybridized carbons (Fsp3) is 0.200. The summed E-state index contributed by atoms with van der Waals surface area (Å²) >= 11 is 2.30. The number of thioether (sulfide) groups is 1. The first kappa shape index (κ1) is 20.2. The molecule has 138 valence electrons. The second-order valence-corrected chi connectivity index (χ2v) is 7.31. The van der Waals surface area contributed by atoms with Crippen LogP contribution in [0.25, 0.3) is 10.9 Å². The minimum Gasteiger partial charge on any atom is -0.481 e. The molecule has 0 aliphatic rings. The van der Waals surface area contributed by atoms with Crippen LogP contribution >= 0.6 is 23.1 Å². The van der Waals surface area contributed by atoms with Crippen LogP contribution in [0.3, 0.4) is 0 Å². The van der Waals surface area contributed by atoms with Crippen molar-refractivity contribution in [1.82, 2.24) is 15.2 Å². The molecule has 8 nitrogen and oxygen atoms in total. The molecule has 1 aromatic carbocycles. The number of hydrogen-bond donors (Lipinski definition) is 1. The van der Waals surface area contributed by atoms with Crippen LogP contribution < -0.4 is 4.90 Å². The summed E-state index contributed by atoms with van der Waals surface area (Å²) in [6.07, 6.45) is 1.71. The smallest absolute Gasteiger partial charge is 0.313 e. The van der Waals surface area contributed by atoms with Crippen molar-refractivity contribution in [2.45, 2.75) is 4.34 Å². The van der Waals surface area contributed by atoms with Crippen LogP contribution in [0.5, 0.6) is 0 Å². The van der Waals surface area contributed by atoms with E-state index in [4.69, 9.17) is 5.11 Å². The van der Waals surface area contributed by atoms with Crippen LogP contribution in [0.15, 0.2) is 45.0 Å². The van der Waals surface area contributed by atoms with E-state index in [1.54, 1.807) is 6.20 Å². The number of aromatic nitrogens is 3. The molecule has 0 amide bonds. The van der Waals surface area contributed by atoms with Gasteiger partial charge in [0.25, 0.3) is 5.13 Å². The van der Waals surface area contributed by atoms with E-state index in [0.717, 1.165) is 28.4 Å². The molecule has 3 rings (SSSR count). The molecule has 2 heterocycles. The van der Waals surface area contributed by atoms with E-state index >= 15 is 0 Å². The largest absolute Gasteiger partial charge is 0.481 e. The van der Waals surface area contributed by atoms with Crippen molar-refractivity contribution in [2.75, 3.05) is 24.7 Å². The summed E-state index contributed by atoms with van der Waals surface area (Å²) in [6, 6.07) is 7.69. The van der Waals surface area contributed by atoms with E-state index in [1.807, 2.05) is 43.3 Å². The van der Waals surface area contributed by atoms with E-state index in [0.29, 0.717) is 15.2 Å². The Bertz CT molecular complexity index is 947. The predicted octanol–water partition coefficient (Wildman–Crippen LogP) is 3.74. The number of carbonyl (C=O) groups is 1. The first-order valence-corrected chi connectivity index (χ1v) is 8.99. The molecule has 0 spiro atoms. The van der Waals surface area contributed by atoms with Crippen molar-refractivity contribution in [1.29, 1.82) is 0 Å². The van der Waals surface area contributed by atoms with E-state index in [1.165, 1.54) is 11.3 Å². The molecule has 26 heavy (non-hydrogen) atoms. The Hall–Kier alpha value is -2.10. The number of fused-ring (bicyclic) bond motifs is 1. The predicted molar refractivity (Wildman–Crippen MR) is 98.5 cm³/mol. The molecule has 0 saturated heterocycles. The molecule has 0 atom stereocenters. The average molecular weight is 433 g/mol. The summed E-state index contributed by atoms with van der Waals surface area (Å²) in [5.41, 5.74) is 2.43. The van der Waals surface area contributed by atoms with Gasteiger partial charge in [0.2, 0.25) is 0 Å². The number of aliphatic carboxylic acids is 1. The van der Waals surface area contributed by atoms with Gasteiger partial charge in [0.15, 0.2) is 4.34 Å². The molecular weight excluding hydrogens is 419 g/mol. The molecular formula is C15H14N6NiO2S2. The number of carboxylic acid groups (broad SMARTS) is 1. The number of carboxylic acids is 1. The number of benzene rings is 1. The van der Waals surface area contributed by atoms with Crippen LogP contribution in [0.4, 0.5) is 16.5 Å². The molecule has 2 aromatic heterocycles. The van der Waals surface area contributed by atoms with Crippen LogP contribution in [0.2, 0.25) is 0 Å². The van der Waals surface area contributed by atoms with Gasteiger partial charge >= 0.3 is 5.97 Å². The third-order valence-electron chi connectivity index (χ3n) is 3.17. The summed E-state index contributed by atoms with van der Waals surface area (Å²) in [7, 11) is 3.95. The van der Waals surface area contributed by atoms with Crippen molar-refractivity contribution in [3.05, 3.63) is 30.5 Å². The van der Waals surface area contributed by atoms with Crippen molar-refractivity contribution in [2.24, 2.45) is 10.2 Å². The monoisotopic (exact) mass is 432 g/mol. The molecule has 0 radical (unpaired) electrons. The molecule has 0 fully saturated rings. The Morgan fingerprint density at radius 3 is 2.81 bits per heavy atom. The van der Waals surface area contributed by atoms with Gasteiger partial charge in [0.05, 0.1) is 11.3 Å². The molecule has 3 aromatic rings. The van der Waals surface area contributed by atoms with E-state index in [2.05, 4.69) is 25.4 Å². The van der Waals surface area contributed by atoms with E-state index < -0.39 is 5.97 Å². The van der Waals surface area contributed by atoms with Crippen LogP contribution in [-0.4, -0.2) is 46.1 Å². The third kappa shape index (κ3) is 4.75. The first-order valence-electron chi connectivity index (χ1n) is 7.19. The summed E-state index contributed by atoms with van der Waals surface area (Å²) < 4.78 is 0.544. The average Bonchev–Trinajstić information content (AvgIpc) is 3.05. The second-order valence-electron chi connectivity index (χ2n) is 5.13. The maximum atomic E-state index is 10.6. The molecule has 0 saturated carbocycles. The number of hydrogen-bond acceptors (Lipinski definition) is 9. The Kier molecular flexibility index (Phi) is 7.01. The topological polar surface area (TPSA) is 104 Å². The van der Waals surface area contributed by atoms with Crippen molar-refractivity contribution in [3.8, 4) is 0 Å². The zero-order chi connectivity index (χ0) is 17.8. The molecule has 0 bridgehead atoms.